The summed E-state index contributed by atoms with van der Waals surface area (Å²) in [5.74, 6) is -0.00650. The van der Waals surface area contributed by atoms with E-state index in [-0.39, 0.29) is 17.6 Å². The SMILES string of the molecule is CN(C(=O)[C@@H]1CCCN1C(=O)c1ccco1)c1ccccc1. The van der Waals surface area contributed by atoms with E-state index >= 15 is 0 Å². The molecule has 1 fully saturated rings. The Labute approximate surface area is 129 Å². The molecule has 0 aliphatic carbocycles. The minimum Gasteiger partial charge on any atom is -0.459 e. The van der Waals surface area contributed by atoms with Gasteiger partial charge in [-0.1, -0.05) is 18.2 Å². The molecular formula is C17H18N2O3. The number of para-hydroxylation sites is 1. The Morgan fingerprint density at radius 2 is 1.95 bits per heavy atom. The average molecular weight is 298 g/mol. The highest BCUT2D eigenvalue weighted by molar-refractivity contribution is 6.01. The largest absolute Gasteiger partial charge is 0.459 e. The summed E-state index contributed by atoms with van der Waals surface area (Å²) in [7, 11) is 1.74. The van der Waals surface area contributed by atoms with Crippen molar-refractivity contribution in [2.75, 3.05) is 18.5 Å². The van der Waals surface area contributed by atoms with Crippen molar-refractivity contribution in [3.63, 3.8) is 0 Å². The van der Waals surface area contributed by atoms with E-state index in [1.54, 1.807) is 29.0 Å². The Morgan fingerprint density at radius 3 is 2.64 bits per heavy atom. The van der Waals surface area contributed by atoms with E-state index < -0.39 is 6.04 Å². The lowest BCUT2D eigenvalue weighted by Crippen LogP contribution is -2.46. The van der Waals surface area contributed by atoms with E-state index in [4.69, 9.17) is 4.42 Å². The van der Waals surface area contributed by atoms with E-state index in [1.165, 1.54) is 6.26 Å². The molecule has 114 valence electrons. The van der Waals surface area contributed by atoms with Gasteiger partial charge in [0.2, 0.25) is 5.91 Å². The molecule has 2 amide bonds. The molecule has 3 rings (SSSR count). The van der Waals surface area contributed by atoms with Gasteiger partial charge in [-0.2, -0.15) is 0 Å². The van der Waals surface area contributed by atoms with Gasteiger partial charge >= 0.3 is 0 Å². The highest BCUT2D eigenvalue weighted by Gasteiger charge is 2.37. The molecule has 0 bridgehead atoms. The van der Waals surface area contributed by atoms with E-state index in [2.05, 4.69) is 0 Å². The van der Waals surface area contributed by atoms with Crippen molar-refractivity contribution in [1.29, 1.82) is 0 Å². The molecule has 2 aromatic rings. The predicted octanol–water partition coefficient (Wildman–Crippen LogP) is 2.55. The highest BCUT2D eigenvalue weighted by Crippen LogP contribution is 2.24. The van der Waals surface area contributed by atoms with Gasteiger partial charge in [0.15, 0.2) is 5.76 Å². The van der Waals surface area contributed by atoms with Gasteiger partial charge in [0.1, 0.15) is 6.04 Å². The lowest BCUT2D eigenvalue weighted by molar-refractivity contribution is -0.122. The van der Waals surface area contributed by atoms with Crippen LogP contribution in [0.5, 0.6) is 0 Å². The number of hydrogen-bond donors (Lipinski definition) is 0. The van der Waals surface area contributed by atoms with Crippen LogP contribution in [0.1, 0.15) is 23.4 Å². The Bertz CT molecular complexity index is 652. The second-order valence-corrected chi connectivity index (χ2v) is 5.37. The second kappa shape index (κ2) is 6.05. The zero-order chi connectivity index (χ0) is 15.5. The van der Waals surface area contributed by atoms with Gasteiger partial charge in [-0.25, -0.2) is 0 Å². The molecule has 1 aromatic carbocycles. The average Bonchev–Trinajstić information content (AvgIpc) is 3.25. The summed E-state index contributed by atoms with van der Waals surface area (Å²) >= 11 is 0. The fourth-order valence-corrected chi connectivity index (χ4v) is 2.81. The number of benzene rings is 1. The number of furan rings is 1. The molecule has 0 radical (unpaired) electrons. The van der Waals surface area contributed by atoms with Crippen LogP contribution in [0.2, 0.25) is 0 Å². The maximum Gasteiger partial charge on any atom is 0.290 e. The van der Waals surface area contributed by atoms with Crippen LogP contribution in [-0.4, -0.2) is 36.3 Å². The maximum atomic E-state index is 12.7. The van der Waals surface area contributed by atoms with Gasteiger partial charge in [0, 0.05) is 19.3 Å². The molecule has 1 saturated heterocycles. The van der Waals surface area contributed by atoms with Gasteiger partial charge in [-0.05, 0) is 37.1 Å². The molecule has 2 heterocycles. The molecule has 0 N–H and O–H groups in total. The van der Waals surface area contributed by atoms with Crippen molar-refractivity contribution in [1.82, 2.24) is 4.90 Å². The Kier molecular flexibility index (Phi) is 3.96. The first kappa shape index (κ1) is 14.4. The van der Waals surface area contributed by atoms with Gasteiger partial charge in [-0.15, -0.1) is 0 Å². The van der Waals surface area contributed by atoms with Gasteiger partial charge in [-0.3, -0.25) is 9.59 Å². The fraction of sp³-hybridized carbons (Fsp3) is 0.294. The van der Waals surface area contributed by atoms with E-state index in [9.17, 15) is 9.59 Å². The summed E-state index contributed by atoms with van der Waals surface area (Å²) in [4.78, 5) is 28.4. The summed E-state index contributed by atoms with van der Waals surface area (Å²) < 4.78 is 5.16. The van der Waals surface area contributed by atoms with Gasteiger partial charge in [0.25, 0.3) is 5.91 Å². The van der Waals surface area contributed by atoms with Crippen molar-refractivity contribution >= 4 is 17.5 Å². The Hall–Kier alpha value is -2.56. The van der Waals surface area contributed by atoms with Crippen LogP contribution < -0.4 is 4.90 Å². The summed E-state index contributed by atoms with van der Waals surface area (Å²) in [5, 5.41) is 0. The number of likely N-dealkylation sites (N-methyl/N-ethyl adjacent to an activating group) is 1. The number of amides is 2. The molecular weight excluding hydrogens is 280 g/mol. The van der Waals surface area contributed by atoms with Crippen molar-refractivity contribution in [2.24, 2.45) is 0 Å². The molecule has 5 nitrogen and oxygen atoms in total. The summed E-state index contributed by atoms with van der Waals surface area (Å²) in [5.41, 5.74) is 0.824. The highest BCUT2D eigenvalue weighted by atomic mass is 16.3. The van der Waals surface area contributed by atoms with E-state index in [1.807, 2.05) is 30.3 Å². The quantitative estimate of drug-likeness (QED) is 0.875. The summed E-state index contributed by atoms with van der Waals surface area (Å²) in [6.07, 6.45) is 2.98. The van der Waals surface area contributed by atoms with Crippen molar-refractivity contribution in [2.45, 2.75) is 18.9 Å². The molecule has 0 saturated carbocycles. The number of carbonyl (C=O) groups is 2. The molecule has 0 unspecified atom stereocenters. The van der Waals surface area contributed by atoms with Crippen LogP contribution in [0.25, 0.3) is 0 Å². The van der Waals surface area contributed by atoms with Gasteiger partial charge in [0.05, 0.1) is 6.26 Å². The monoisotopic (exact) mass is 298 g/mol. The third-order valence-electron chi connectivity index (χ3n) is 4.00. The maximum absolute atomic E-state index is 12.7. The number of anilines is 1. The predicted molar refractivity (Wildman–Crippen MR) is 82.6 cm³/mol. The number of carbonyl (C=O) groups excluding carboxylic acids is 2. The van der Waals surface area contributed by atoms with Crippen LogP contribution in [0.3, 0.4) is 0 Å². The number of rotatable bonds is 3. The number of hydrogen-bond acceptors (Lipinski definition) is 3. The zero-order valence-corrected chi connectivity index (χ0v) is 12.4. The fourth-order valence-electron chi connectivity index (χ4n) is 2.81. The van der Waals surface area contributed by atoms with Crippen LogP contribution >= 0.6 is 0 Å². The van der Waals surface area contributed by atoms with Crippen LogP contribution in [0, 0.1) is 0 Å². The molecule has 1 atom stereocenters. The van der Waals surface area contributed by atoms with Crippen molar-refractivity contribution in [3.05, 3.63) is 54.5 Å². The first-order valence-electron chi connectivity index (χ1n) is 7.35. The number of likely N-dealkylation sites (tertiary alicyclic amines) is 1. The molecule has 22 heavy (non-hydrogen) atoms. The minimum atomic E-state index is -0.428. The summed E-state index contributed by atoms with van der Waals surface area (Å²) in [6, 6.07) is 12.3. The molecule has 1 aliphatic heterocycles. The number of nitrogens with zero attached hydrogens (tertiary/aromatic N) is 2. The van der Waals surface area contributed by atoms with Crippen LogP contribution in [0.15, 0.2) is 53.1 Å². The standard InChI is InChI=1S/C17H18N2O3/c1-18(13-7-3-2-4-8-13)16(20)14-9-5-11-19(14)17(21)15-10-6-12-22-15/h2-4,6-8,10,12,14H,5,9,11H2,1H3/t14-/m0/s1. The molecule has 0 spiro atoms. The van der Waals surface area contributed by atoms with Gasteiger partial charge < -0.3 is 14.2 Å². The zero-order valence-electron chi connectivity index (χ0n) is 12.4. The molecule has 1 aliphatic rings. The Balaban J connectivity index is 1.78. The molecule has 5 heteroatoms. The van der Waals surface area contributed by atoms with Crippen molar-refractivity contribution < 1.29 is 14.0 Å². The van der Waals surface area contributed by atoms with Crippen LogP contribution in [-0.2, 0) is 4.79 Å². The normalized spacial score (nSPS) is 17.5. The molecule has 1 aromatic heterocycles. The smallest absolute Gasteiger partial charge is 0.290 e. The minimum absolute atomic E-state index is 0.0661. The lowest BCUT2D eigenvalue weighted by atomic mass is 10.1. The third kappa shape index (κ3) is 2.62. The van der Waals surface area contributed by atoms with Crippen molar-refractivity contribution in [3.8, 4) is 0 Å². The third-order valence-corrected chi connectivity index (χ3v) is 4.00. The van der Waals surface area contributed by atoms with Crippen LogP contribution in [0.4, 0.5) is 5.69 Å². The van der Waals surface area contributed by atoms with E-state index in [0.717, 1.165) is 12.1 Å². The first-order valence-corrected chi connectivity index (χ1v) is 7.35. The lowest BCUT2D eigenvalue weighted by Gasteiger charge is -2.27. The van der Waals surface area contributed by atoms with E-state index in [0.29, 0.717) is 13.0 Å². The first-order chi connectivity index (χ1) is 10.7. The Morgan fingerprint density at radius 1 is 1.18 bits per heavy atom. The second-order valence-electron chi connectivity index (χ2n) is 5.37. The topological polar surface area (TPSA) is 53.8 Å². The summed E-state index contributed by atoms with van der Waals surface area (Å²) in [6.45, 7) is 0.582.